The van der Waals surface area contributed by atoms with Crippen molar-refractivity contribution in [2.45, 2.75) is 20.8 Å². The van der Waals surface area contributed by atoms with Crippen LogP contribution < -0.4 is 5.32 Å². The molecule has 7 nitrogen and oxygen atoms in total. The predicted octanol–water partition coefficient (Wildman–Crippen LogP) is 3.37. The lowest BCUT2D eigenvalue weighted by Gasteiger charge is -2.11. The third-order valence-corrected chi connectivity index (χ3v) is 4.63. The number of benzene rings is 2. The fraction of sp³-hybridized carbons (Fsp3) is 0.217. The van der Waals surface area contributed by atoms with Crippen LogP contribution in [0.5, 0.6) is 0 Å². The quantitative estimate of drug-likeness (QED) is 0.502. The number of amides is 1. The Bertz CT molecular complexity index is 1130. The van der Waals surface area contributed by atoms with Crippen LogP contribution >= 0.6 is 0 Å². The molecule has 0 saturated heterocycles. The van der Waals surface area contributed by atoms with Crippen LogP contribution in [0.4, 0.5) is 5.82 Å². The molecule has 0 fully saturated rings. The molecule has 0 unspecified atom stereocenters. The number of ether oxygens (including phenoxy) is 1. The molecular weight excluding hydrogens is 382 g/mol. The Kier molecular flexibility index (Phi) is 6.11. The first kappa shape index (κ1) is 21.0. The molecule has 3 aromatic rings. The zero-order valence-corrected chi connectivity index (χ0v) is 17.4. The van der Waals surface area contributed by atoms with Gasteiger partial charge in [-0.3, -0.25) is 14.3 Å². The van der Waals surface area contributed by atoms with E-state index in [1.807, 2.05) is 26.0 Å². The lowest BCUT2D eigenvalue weighted by atomic mass is 9.94. The normalized spacial score (nSPS) is 10.5. The van der Waals surface area contributed by atoms with Crippen molar-refractivity contribution in [1.29, 1.82) is 0 Å². The fourth-order valence-corrected chi connectivity index (χ4v) is 3.10. The van der Waals surface area contributed by atoms with Crippen molar-refractivity contribution in [2.24, 2.45) is 7.05 Å². The van der Waals surface area contributed by atoms with Crippen molar-refractivity contribution in [2.75, 3.05) is 11.9 Å². The third-order valence-electron chi connectivity index (χ3n) is 4.63. The molecule has 0 saturated carbocycles. The number of nitrogens with one attached hydrogen (secondary N) is 1. The Morgan fingerprint density at radius 2 is 1.67 bits per heavy atom. The Morgan fingerprint density at radius 3 is 2.33 bits per heavy atom. The van der Waals surface area contributed by atoms with Gasteiger partial charge < -0.3 is 10.1 Å². The molecule has 1 heterocycles. The number of carbonyl (C=O) groups is 3. The second-order valence-electron chi connectivity index (χ2n) is 7.11. The van der Waals surface area contributed by atoms with Gasteiger partial charge in [-0.15, -0.1) is 0 Å². The largest absolute Gasteiger partial charge is 0.452 e. The van der Waals surface area contributed by atoms with E-state index in [0.717, 1.165) is 16.8 Å². The molecule has 0 aliphatic heterocycles. The van der Waals surface area contributed by atoms with Crippen LogP contribution in [0.25, 0.3) is 0 Å². The average Bonchev–Trinajstić information content (AvgIpc) is 3.04. The topological polar surface area (TPSA) is 90.3 Å². The highest BCUT2D eigenvalue weighted by Crippen LogP contribution is 2.19. The van der Waals surface area contributed by atoms with Gasteiger partial charge >= 0.3 is 5.97 Å². The van der Waals surface area contributed by atoms with Gasteiger partial charge in [0.2, 0.25) is 0 Å². The highest BCUT2D eigenvalue weighted by Gasteiger charge is 2.21. The summed E-state index contributed by atoms with van der Waals surface area (Å²) >= 11 is 0. The first-order valence-corrected chi connectivity index (χ1v) is 9.45. The van der Waals surface area contributed by atoms with Gasteiger partial charge in [0.05, 0.1) is 11.3 Å². The molecule has 0 atom stereocenters. The number of carbonyl (C=O) groups excluding carboxylic acids is 3. The number of aryl methyl sites for hydroxylation is 4. The molecule has 1 amide bonds. The molecule has 0 aliphatic carbocycles. The zero-order chi connectivity index (χ0) is 21.8. The molecule has 154 valence electrons. The molecule has 1 aromatic heterocycles. The van der Waals surface area contributed by atoms with E-state index in [9.17, 15) is 14.4 Å². The van der Waals surface area contributed by atoms with E-state index in [0.29, 0.717) is 11.4 Å². The summed E-state index contributed by atoms with van der Waals surface area (Å²) in [5.74, 6) is -0.997. The van der Waals surface area contributed by atoms with Crippen LogP contribution in [0.1, 0.15) is 43.1 Å². The minimum Gasteiger partial charge on any atom is -0.452 e. The van der Waals surface area contributed by atoms with E-state index in [-0.39, 0.29) is 16.9 Å². The molecule has 0 radical (unpaired) electrons. The number of anilines is 1. The van der Waals surface area contributed by atoms with Crippen LogP contribution in [-0.4, -0.2) is 34.0 Å². The van der Waals surface area contributed by atoms with Gasteiger partial charge in [0.1, 0.15) is 5.82 Å². The van der Waals surface area contributed by atoms with Gasteiger partial charge in [-0.1, -0.05) is 35.9 Å². The number of hydrogen-bond donors (Lipinski definition) is 1. The summed E-state index contributed by atoms with van der Waals surface area (Å²) in [7, 11) is 1.70. The molecule has 3 rings (SSSR count). The lowest BCUT2D eigenvalue weighted by molar-refractivity contribution is -0.119. The molecule has 2 aromatic carbocycles. The van der Waals surface area contributed by atoms with Crippen molar-refractivity contribution in [3.8, 4) is 0 Å². The highest BCUT2D eigenvalue weighted by molar-refractivity contribution is 6.15. The molecule has 1 N–H and O–H groups in total. The van der Waals surface area contributed by atoms with Crippen molar-refractivity contribution in [3.05, 3.63) is 82.0 Å². The zero-order valence-electron chi connectivity index (χ0n) is 17.4. The van der Waals surface area contributed by atoms with E-state index in [4.69, 9.17) is 4.74 Å². The number of rotatable bonds is 6. The summed E-state index contributed by atoms with van der Waals surface area (Å²) in [5.41, 5.74) is 3.40. The van der Waals surface area contributed by atoms with Gasteiger partial charge in [-0.25, -0.2) is 4.79 Å². The first-order valence-electron chi connectivity index (χ1n) is 9.45. The van der Waals surface area contributed by atoms with Crippen LogP contribution in [0, 0.1) is 20.8 Å². The lowest BCUT2D eigenvalue weighted by Crippen LogP contribution is -2.23. The third kappa shape index (κ3) is 4.63. The number of hydrogen-bond acceptors (Lipinski definition) is 5. The van der Waals surface area contributed by atoms with Crippen LogP contribution in [0.2, 0.25) is 0 Å². The maximum absolute atomic E-state index is 13.1. The predicted molar refractivity (Wildman–Crippen MR) is 113 cm³/mol. The van der Waals surface area contributed by atoms with Crippen molar-refractivity contribution < 1.29 is 19.1 Å². The first-order chi connectivity index (χ1) is 14.3. The molecular formula is C23H23N3O4. The highest BCUT2D eigenvalue weighted by atomic mass is 16.5. The SMILES string of the molecule is Cc1ccc(C)c(C(=O)c2ccccc2C(=O)OCC(=O)Nc2cc(C)nn2C)c1. The van der Waals surface area contributed by atoms with Crippen LogP contribution in [-0.2, 0) is 16.6 Å². The maximum Gasteiger partial charge on any atom is 0.339 e. The van der Waals surface area contributed by atoms with Gasteiger partial charge in [0, 0.05) is 24.2 Å². The van der Waals surface area contributed by atoms with Gasteiger partial charge in [-0.05, 0) is 38.5 Å². The summed E-state index contributed by atoms with van der Waals surface area (Å²) in [6.07, 6.45) is 0. The minimum absolute atomic E-state index is 0.118. The van der Waals surface area contributed by atoms with Gasteiger partial charge in [0.25, 0.3) is 5.91 Å². The summed E-state index contributed by atoms with van der Waals surface area (Å²) in [6.45, 7) is 5.07. The Morgan fingerprint density at radius 1 is 0.967 bits per heavy atom. The van der Waals surface area contributed by atoms with E-state index in [1.165, 1.54) is 10.7 Å². The molecule has 7 heteroatoms. The summed E-state index contributed by atoms with van der Waals surface area (Å²) in [4.78, 5) is 37.8. The van der Waals surface area contributed by atoms with Gasteiger partial charge in [-0.2, -0.15) is 5.10 Å². The molecule has 0 bridgehead atoms. The Hall–Kier alpha value is -3.74. The van der Waals surface area contributed by atoms with E-state index >= 15 is 0 Å². The monoisotopic (exact) mass is 405 g/mol. The second-order valence-corrected chi connectivity index (χ2v) is 7.11. The van der Waals surface area contributed by atoms with Crippen LogP contribution in [0.3, 0.4) is 0 Å². The van der Waals surface area contributed by atoms with Crippen molar-refractivity contribution in [1.82, 2.24) is 9.78 Å². The summed E-state index contributed by atoms with van der Waals surface area (Å²) < 4.78 is 6.68. The fourth-order valence-electron chi connectivity index (χ4n) is 3.10. The summed E-state index contributed by atoms with van der Waals surface area (Å²) in [5, 5.41) is 6.77. The molecule has 30 heavy (non-hydrogen) atoms. The number of esters is 1. The van der Waals surface area contributed by atoms with E-state index in [2.05, 4.69) is 10.4 Å². The van der Waals surface area contributed by atoms with Gasteiger partial charge in [0.15, 0.2) is 12.4 Å². The second kappa shape index (κ2) is 8.73. The number of nitrogens with zero attached hydrogens (tertiary/aromatic N) is 2. The molecule has 0 aliphatic rings. The molecule has 0 spiro atoms. The van der Waals surface area contributed by atoms with Crippen molar-refractivity contribution in [3.63, 3.8) is 0 Å². The summed E-state index contributed by atoms with van der Waals surface area (Å²) in [6, 6.07) is 13.7. The Labute approximate surface area is 174 Å². The maximum atomic E-state index is 13.1. The van der Waals surface area contributed by atoms with Crippen molar-refractivity contribution >= 4 is 23.5 Å². The van der Waals surface area contributed by atoms with Crippen LogP contribution in [0.15, 0.2) is 48.5 Å². The van der Waals surface area contributed by atoms with E-state index in [1.54, 1.807) is 44.3 Å². The Balaban J connectivity index is 1.74. The minimum atomic E-state index is -0.736. The smallest absolute Gasteiger partial charge is 0.339 e. The van der Waals surface area contributed by atoms with E-state index < -0.39 is 18.5 Å². The number of ketones is 1. The average molecular weight is 405 g/mol. The number of aromatic nitrogens is 2. The standard InChI is InChI=1S/C23H23N3O4/c1-14-9-10-15(2)19(11-14)22(28)17-7-5-6-8-18(17)23(29)30-13-21(27)24-20-12-16(3)25-26(20)4/h5-12H,13H2,1-4H3,(H,24,27).